The Morgan fingerprint density at radius 3 is 2.30 bits per heavy atom. The number of nitrogens with one attached hydrogen (secondary N) is 1. The molecule has 2 N–H and O–H groups in total. The van der Waals surface area contributed by atoms with Gasteiger partial charge in [0.15, 0.2) is 0 Å². The van der Waals surface area contributed by atoms with E-state index in [0.717, 1.165) is 38.1 Å². The Morgan fingerprint density at radius 2 is 1.80 bits per heavy atom. The number of rotatable bonds is 4. The predicted molar refractivity (Wildman–Crippen MR) is 74.3 cm³/mol. The van der Waals surface area contributed by atoms with E-state index < -0.39 is 5.97 Å². The van der Waals surface area contributed by atoms with Crippen LogP contribution in [0.25, 0.3) is 0 Å². The molecule has 2 aliphatic heterocycles. The number of aliphatic carboxylic acids is 1. The SMILES string of the molecule is CC1CC1CNC(=O)N1C2CCC1CC(CC(=O)O)C2. The molecule has 20 heavy (non-hydrogen) atoms. The number of fused-ring (bicyclic) bond motifs is 2. The second-order valence-electron chi connectivity index (χ2n) is 6.89. The van der Waals surface area contributed by atoms with E-state index in [1.54, 1.807) is 0 Å². The van der Waals surface area contributed by atoms with Gasteiger partial charge in [0.1, 0.15) is 0 Å². The van der Waals surface area contributed by atoms with E-state index in [-0.39, 0.29) is 30.5 Å². The quantitative estimate of drug-likeness (QED) is 0.828. The van der Waals surface area contributed by atoms with E-state index in [4.69, 9.17) is 5.11 Å². The van der Waals surface area contributed by atoms with E-state index in [0.29, 0.717) is 5.92 Å². The zero-order valence-corrected chi connectivity index (χ0v) is 12.0. The highest BCUT2D eigenvalue weighted by molar-refractivity contribution is 5.75. The van der Waals surface area contributed by atoms with Crippen molar-refractivity contribution >= 4 is 12.0 Å². The van der Waals surface area contributed by atoms with E-state index >= 15 is 0 Å². The molecule has 2 bridgehead atoms. The molecule has 2 heterocycles. The molecule has 3 rings (SSSR count). The van der Waals surface area contributed by atoms with E-state index in [1.165, 1.54) is 6.42 Å². The molecule has 0 spiro atoms. The highest BCUT2D eigenvalue weighted by atomic mass is 16.4. The summed E-state index contributed by atoms with van der Waals surface area (Å²) in [7, 11) is 0. The van der Waals surface area contributed by atoms with E-state index in [2.05, 4.69) is 12.2 Å². The Morgan fingerprint density at radius 1 is 1.20 bits per heavy atom. The van der Waals surface area contributed by atoms with Crippen molar-refractivity contribution in [2.45, 2.75) is 57.5 Å². The number of hydrogen-bond acceptors (Lipinski definition) is 2. The molecule has 0 aromatic carbocycles. The summed E-state index contributed by atoms with van der Waals surface area (Å²) in [5.74, 6) is 0.960. The molecule has 3 fully saturated rings. The van der Waals surface area contributed by atoms with Gasteiger partial charge in [-0.15, -0.1) is 0 Å². The molecule has 5 heteroatoms. The van der Waals surface area contributed by atoms with Crippen LogP contribution >= 0.6 is 0 Å². The summed E-state index contributed by atoms with van der Waals surface area (Å²) in [6.45, 7) is 3.02. The van der Waals surface area contributed by atoms with Crippen molar-refractivity contribution in [3.05, 3.63) is 0 Å². The van der Waals surface area contributed by atoms with Crippen molar-refractivity contribution in [2.24, 2.45) is 17.8 Å². The zero-order valence-electron chi connectivity index (χ0n) is 12.0. The summed E-state index contributed by atoms with van der Waals surface area (Å²) in [4.78, 5) is 25.2. The zero-order chi connectivity index (χ0) is 14.3. The minimum atomic E-state index is -0.713. The van der Waals surface area contributed by atoms with Crippen LogP contribution in [-0.4, -0.2) is 40.6 Å². The molecular weight excluding hydrogens is 256 g/mol. The maximum Gasteiger partial charge on any atom is 0.317 e. The average molecular weight is 280 g/mol. The first kappa shape index (κ1) is 13.7. The fourth-order valence-corrected chi connectivity index (χ4v) is 4.03. The molecule has 2 saturated heterocycles. The van der Waals surface area contributed by atoms with Gasteiger partial charge in [-0.25, -0.2) is 4.79 Å². The highest BCUT2D eigenvalue weighted by Crippen LogP contribution is 2.40. The molecule has 0 radical (unpaired) electrons. The van der Waals surface area contributed by atoms with Crippen molar-refractivity contribution in [2.75, 3.05) is 6.54 Å². The molecule has 3 aliphatic rings. The number of urea groups is 1. The van der Waals surface area contributed by atoms with Gasteiger partial charge in [0.05, 0.1) is 0 Å². The smallest absolute Gasteiger partial charge is 0.317 e. The fraction of sp³-hybridized carbons (Fsp3) is 0.867. The number of piperidine rings is 1. The second-order valence-corrected chi connectivity index (χ2v) is 6.89. The van der Waals surface area contributed by atoms with Gasteiger partial charge in [0.25, 0.3) is 0 Å². The minimum Gasteiger partial charge on any atom is -0.481 e. The number of amides is 2. The summed E-state index contributed by atoms with van der Waals surface area (Å²) in [5.41, 5.74) is 0. The van der Waals surface area contributed by atoms with Crippen molar-refractivity contribution < 1.29 is 14.7 Å². The van der Waals surface area contributed by atoms with Crippen LogP contribution in [0.15, 0.2) is 0 Å². The monoisotopic (exact) mass is 280 g/mol. The molecule has 1 aliphatic carbocycles. The Hall–Kier alpha value is -1.26. The van der Waals surface area contributed by atoms with E-state index in [9.17, 15) is 9.59 Å². The normalized spacial score (nSPS) is 38.6. The number of carboxylic acids is 1. The van der Waals surface area contributed by atoms with Gasteiger partial charge in [-0.1, -0.05) is 6.92 Å². The van der Waals surface area contributed by atoms with Crippen LogP contribution in [0.3, 0.4) is 0 Å². The minimum absolute atomic E-state index is 0.0744. The molecule has 5 nitrogen and oxygen atoms in total. The van der Waals surface area contributed by atoms with Gasteiger partial charge in [0.2, 0.25) is 0 Å². The van der Waals surface area contributed by atoms with Crippen LogP contribution in [-0.2, 0) is 4.79 Å². The fourth-order valence-electron chi connectivity index (χ4n) is 4.03. The number of carbonyl (C=O) groups excluding carboxylic acids is 1. The van der Waals surface area contributed by atoms with Gasteiger partial charge in [-0.05, 0) is 49.9 Å². The Labute approximate surface area is 119 Å². The lowest BCUT2D eigenvalue weighted by Crippen LogP contribution is -2.51. The van der Waals surface area contributed by atoms with Crippen molar-refractivity contribution in [3.63, 3.8) is 0 Å². The van der Waals surface area contributed by atoms with Crippen LogP contribution < -0.4 is 5.32 Å². The predicted octanol–water partition coefficient (Wildman–Crippen LogP) is 2.07. The van der Waals surface area contributed by atoms with Crippen LogP contribution in [0, 0.1) is 17.8 Å². The van der Waals surface area contributed by atoms with Crippen molar-refractivity contribution in [1.82, 2.24) is 10.2 Å². The van der Waals surface area contributed by atoms with Crippen LogP contribution in [0.2, 0.25) is 0 Å². The number of nitrogens with zero attached hydrogens (tertiary/aromatic N) is 1. The number of carbonyl (C=O) groups is 2. The molecule has 2 amide bonds. The first-order valence-corrected chi connectivity index (χ1v) is 7.82. The summed E-state index contributed by atoms with van der Waals surface area (Å²) in [6, 6.07) is 0.592. The van der Waals surface area contributed by atoms with Crippen molar-refractivity contribution in [3.8, 4) is 0 Å². The standard InChI is InChI=1S/C15H24N2O3/c1-9-4-11(9)8-16-15(20)17-12-2-3-13(17)6-10(5-12)7-14(18)19/h9-13H,2-8H2,1H3,(H,16,20)(H,18,19). The third-order valence-electron chi connectivity index (χ3n) is 5.32. The third-order valence-corrected chi connectivity index (χ3v) is 5.32. The van der Waals surface area contributed by atoms with E-state index in [1.807, 2.05) is 4.90 Å². The molecule has 4 unspecified atom stereocenters. The molecule has 112 valence electrons. The first-order valence-electron chi connectivity index (χ1n) is 7.82. The molecular formula is C15H24N2O3. The Balaban J connectivity index is 1.53. The maximum absolute atomic E-state index is 12.3. The largest absolute Gasteiger partial charge is 0.481 e. The average Bonchev–Trinajstić information content (AvgIpc) is 3.01. The Kier molecular flexibility index (Phi) is 3.61. The first-order chi connectivity index (χ1) is 9.54. The van der Waals surface area contributed by atoms with Gasteiger partial charge in [0, 0.05) is 25.0 Å². The third kappa shape index (κ3) is 2.76. The molecule has 1 saturated carbocycles. The highest BCUT2D eigenvalue weighted by Gasteiger charge is 2.44. The lowest BCUT2D eigenvalue weighted by Gasteiger charge is -2.38. The molecule has 4 atom stereocenters. The second kappa shape index (κ2) is 5.26. The molecule has 0 aromatic heterocycles. The van der Waals surface area contributed by atoms with Gasteiger partial charge < -0.3 is 15.3 Å². The topological polar surface area (TPSA) is 69.6 Å². The van der Waals surface area contributed by atoms with Crippen molar-refractivity contribution in [1.29, 1.82) is 0 Å². The number of carboxylic acid groups (broad SMARTS) is 1. The number of hydrogen-bond donors (Lipinski definition) is 2. The summed E-state index contributed by atoms with van der Waals surface area (Å²) in [6.07, 6.45) is 5.27. The van der Waals surface area contributed by atoms with Gasteiger partial charge in [-0.2, -0.15) is 0 Å². The van der Waals surface area contributed by atoms with Gasteiger partial charge in [-0.3, -0.25) is 4.79 Å². The maximum atomic E-state index is 12.3. The molecule has 0 aromatic rings. The lowest BCUT2D eigenvalue weighted by atomic mass is 9.88. The Bertz CT molecular complexity index is 398. The summed E-state index contributed by atoms with van der Waals surface area (Å²) >= 11 is 0. The summed E-state index contributed by atoms with van der Waals surface area (Å²) < 4.78 is 0. The van der Waals surface area contributed by atoms with Crippen LogP contribution in [0.1, 0.15) is 45.4 Å². The lowest BCUT2D eigenvalue weighted by molar-refractivity contribution is -0.138. The summed E-state index contributed by atoms with van der Waals surface area (Å²) in [5, 5.41) is 12.0. The van der Waals surface area contributed by atoms with Gasteiger partial charge >= 0.3 is 12.0 Å². The van der Waals surface area contributed by atoms with Crippen LogP contribution in [0.5, 0.6) is 0 Å². The van der Waals surface area contributed by atoms with Crippen LogP contribution in [0.4, 0.5) is 4.79 Å².